The molecule has 1 atom stereocenters. The first-order chi connectivity index (χ1) is 7.69. The molecule has 90 valence electrons. The Morgan fingerprint density at radius 1 is 1.19 bits per heavy atom. The molecule has 0 bridgehead atoms. The van der Waals surface area contributed by atoms with Crippen LogP contribution in [0.4, 0.5) is 5.69 Å². The molecule has 1 unspecified atom stereocenters. The molecular weight excluding hydrogens is 196 g/mol. The fourth-order valence-electron chi connectivity index (χ4n) is 2.17. The Labute approximate surface area is 99.5 Å². The van der Waals surface area contributed by atoms with E-state index >= 15 is 0 Å². The van der Waals surface area contributed by atoms with Gasteiger partial charge >= 0.3 is 0 Å². The van der Waals surface area contributed by atoms with Crippen molar-refractivity contribution in [3.05, 3.63) is 30.3 Å². The number of nitrogens with two attached hydrogens (primary N) is 1. The van der Waals surface area contributed by atoms with Crippen molar-refractivity contribution >= 4 is 5.69 Å². The minimum atomic E-state index is 0.451. The van der Waals surface area contributed by atoms with Crippen LogP contribution in [0.2, 0.25) is 0 Å². The van der Waals surface area contributed by atoms with Crippen molar-refractivity contribution in [2.24, 2.45) is 11.7 Å². The zero-order valence-corrected chi connectivity index (χ0v) is 10.7. The first-order valence-corrected chi connectivity index (χ1v) is 6.20. The molecule has 0 aliphatic heterocycles. The van der Waals surface area contributed by atoms with Crippen LogP contribution in [0.15, 0.2) is 30.3 Å². The summed E-state index contributed by atoms with van der Waals surface area (Å²) in [5, 5.41) is 0. The van der Waals surface area contributed by atoms with Crippen LogP contribution in [0.3, 0.4) is 0 Å². The lowest BCUT2D eigenvalue weighted by molar-refractivity contribution is 0.474. The molecule has 1 aromatic carbocycles. The summed E-state index contributed by atoms with van der Waals surface area (Å²) in [5.41, 5.74) is 7.17. The smallest absolute Gasteiger partial charge is 0.0414 e. The fourth-order valence-corrected chi connectivity index (χ4v) is 2.17. The predicted molar refractivity (Wildman–Crippen MR) is 71.8 cm³/mol. The van der Waals surface area contributed by atoms with Crippen LogP contribution in [-0.2, 0) is 0 Å². The zero-order chi connectivity index (χ0) is 12.0. The Morgan fingerprint density at radius 3 is 2.25 bits per heavy atom. The standard InChI is InChI=1S/C14H24N2/c1-4-16(13-8-6-5-7-9-13)14(11-15)10-12(2)3/h5-9,12,14H,4,10-11,15H2,1-3H3. The summed E-state index contributed by atoms with van der Waals surface area (Å²) in [5.74, 6) is 0.686. The summed E-state index contributed by atoms with van der Waals surface area (Å²) in [6, 6.07) is 11.0. The third-order valence-electron chi connectivity index (χ3n) is 2.88. The summed E-state index contributed by atoms with van der Waals surface area (Å²) in [6.07, 6.45) is 1.15. The average molecular weight is 220 g/mol. The van der Waals surface area contributed by atoms with Crippen LogP contribution in [0, 0.1) is 5.92 Å². The number of nitrogens with zero attached hydrogens (tertiary/aromatic N) is 1. The van der Waals surface area contributed by atoms with Crippen LogP contribution >= 0.6 is 0 Å². The predicted octanol–water partition coefficient (Wildman–Crippen LogP) is 2.89. The molecule has 0 fully saturated rings. The molecule has 0 saturated heterocycles. The number of benzene rings is 1. The van der Waals surface area contributed by atoms with Gasteiger partial charge in [0.15, 0.2) is 0 Å². The van der Waals surface area contributed by atoms with Crippen molar-refractivity contribution in [2.45, 2.75) is 33.2 Å². The third-order valence-corrected chi connectivity index (χ3v) is 2.88. The highest BCUT2D eigenvalue weighted by Crippen LogP contribution is 2.19. The lowest BCUT2D eigenvalue weighted by atomic mass is 10.0. The van der Waals surface area contributed by atoms with Gasteiger partial charge in [0.1, 0.15) is 0 Å². The van der Waals surface area contributed by atoms with Gasteiger partial charge in [0.2, 0.25) is 0 Å². The fraction of sp³-hybridized carbons (Fsp3) is 0.571. The van der Waals surface area contributed by atoms with E-state index < -0.39 is 0 Å². The van der Waals surface area contributed by atoms with E-state index in [-0.39, 0.29) is 0 Å². The van der Waals surface area contributed by atoms with Gasteiger partial charge in [0.25, 0.3) is 0 Å². The van der Waals surface area contributed by atoms with E-state index in [1.807, 2.05) is 0 Å². The minimum Gasteiger partial charge on any atom is -0.368 e. The summed E-state index contributed by atoms with van der Waals surface area (Å²) >= 11 is 0. The summed E-state index contributed by atoms with van der Waals surface area (Å²) in [6.45, 7) is 8.43. The van der Waals surface area contributed by atoms with Crippen LogP contribution in [0.5, 0.6) is 0 Å². The number of hydrogen-bond donors (Lipinski definition) is 1. The molecule has 1 aromatic rings. The second-order valence-corrected chi connectivity index (χ2v) is 4.64. The van der Waals surface area contributed by atoms with Gasteiger partial charge in [-0.1, -0.05) is 32.0 Å². The summed E-state index contributed by atoms with van der Waals surface area (Å²) < 4.78 is 0. The molecule has 0 aliphatic rings. The maximum atomic E-state index is 5.89. The Kier molecular flexibility index (Phi) is 5.33. The summed E-state index contributed by atoms with van der Waals surface area (Å²) in [7, 11) is 0. The number of para-hydroxylation sites is 1. The Bertz CT molecular complexity index is 282. The molecule has 0 amide bonds. The Hall–Kier alpha value is -1.02. The van der Waals surface area contributed by atoms with Gasteiger partial charge in [-0.3, -0.25) is 0 Å². The monoisotopic (exact) mass is 220 g/mol. The number of rotatable bonds is 6. The van der Waals surface area contributed by atoms with Crippen LogP contribution < -0.4 is 10.6 Å². The number of likely N-dealkylation sites (N-methyl/N-ethyl adjacent to an activating group) is 1. The molecule has 0 aliphatic carbocycles. The average Bonchev–Trinajstić information content (AvgIpc) is 2.29. The molecule has 0 heterocycles. The number of anilines is 1. The molecule has 0 spiro atoms. The second-order valence-electron chi connectivity index (χ2n) is 4.64. The maximum Gasteiger partial charge on any atom is 0.0414 e. The van der Waals surface area contributed by atoms with Crippen molar-refractivity contribution in [1.82, 2.24) is 0 Å². The maximum absolute atomic E-state index is 5.89. The first-order valence-electron chi connectivity index (χ1n) is 6.20. The van der Waals surface area contributed by atoms with Gasteiger partial charge in [-0.2, -0.15) is 0 Å². The van der Waals surface area contributed by atoms with Crippen molar-refractivity contribution in [1.29, 1.82) is 0 Å². The molecule has 2 nitrogen and oxygen atoms in total. The molecule has 0 saturated carbocycles. The van der Waals surface area contributed by atoms with Crippen LogP contribution in [0.25, 0.3) is 0 Å². The SMILES string of the molecule is CCN(c1ccccc1)C(CN)CC(C)C. The molecule has 16 heavy (non-hydrogen) atoms. The van der Waals surface area contributed by atoms with Crippen LogP contribution in [0.1, 0.15) is 27.2 Å². The van der Waals surface area contributed by atoms with E-state index in [0.717, 1.165) is 19.5 Å². The second kappa shape index (κ2) is 6.54. The lowest BCUT2D eigenvalue weighted by Crippen LogP contribution is -2.41. The van der Waals surface area contributed by atoms with E-state index in [9.17, 15) is 0 Å². The largest absolute Gasteiger partial charge is 0.368 e. The Balaban J connectivity index is 2.79. The molecular formula is C14H24N2. The van der Waals surface area contributed by atoms with E-state index in [4.69, 9.17) is 5.73 Å². The molecule has 0 aromatic heterocycles. The van der Waals surface area contributed by atoms with E-state index in [2.05, 4.69) is 56.0 Å². The van der Waals surface area contributed by atoms with E-state index in [1.54, 1.807) is 0 Å². The minimum absolute atomic E-state index is 0.451. The zero-order valence-electron chi connectivity index (χ0n) is 10.7. The van der Waals surface area contributed by atoms with Gasteiger partial charge in [-0.05, 0) is 31.4 Å². The highest BCUT2D eigenvalue weighted by molar-refractivity contribution is 5.47. The van der Waals surface area contributed by atoms with Crippen molar-refractivity contribution in [3.63, 3.8) is 0 Å². The van der Waals surface area contributed by atoms with Crippen molar-refractivity contribution < 1.29 is 0 Å². The first kappa shape index (κ1) is 13.0. The Morgan fingerprint density at radius 2 is 1.81 bits per heavy atom. The van der Waals surface area contributed by atoms with Crippen LogP contribution in [-0.4, -0.2) is 19.1 Å². The molecule has 0 radical (unpaired) electrons. The van der Waals surface area contributed by atoms with Gasteiger partial charge in [0.05, 0.1) is 0 Å². The van der Waals surface area contributed by atoms with Gasteiger partial charge in [-0.25, -0.2) is 0 Å². The molecule has 2 heteroatoms. The third kappa shape index (κ3) is 3.53. The van der Waals surface area contributed by atoms with Gasteiger partial charge in [0, 0.05) is 24.8 Å². The molecule has 2 N–H and O–H groups in total. The van der Waals surface area contributed by atoms with Crippen molar-refractivity contribution in [3.8, 4) is 0 Å². The van der Waals surface area contributed by atoms with E-state index in [1.165, 1.54) is 5.69 Å². The van der Waals surface area contributed by atoms with E-state index in [0.29, 0.717) is 12.0 Å². The van der Waals surface area contributed by atoms with Gasteiger partial charge < -0.3 is 10.6 Å². The summed E-state index contributed by atoms with van der Waals surface area (Å²) in [4.78, 5) is 2.40. The number of hydrogen-bond acceptors (Lipinski definition) is 2. The highest BCUT2D eigenvalue weighted by atomic mass is 15.2. The van der Waals surface area contributed by atoms with Gasteiger partial charge in [-0.15, -0.1) is 0 Å². The normalized spacial score (nSPS) is 12.8. The highest BCUT2D eigenvalue weighted by Gasteiger charge is 2.16. The van der Waals surface area contributed by atoms with Crippen molar-refractivity contribution in [2.75, 3.05) is 18.0 Å². The lowest BCUT2D eigenvalue weighted by Gasteiger charge is -2.33. The quantitative estimate of drug-likeness (QED) is 0.798. The molecule has 1 rings (SSSR count). The topological polar surface area (TPSA) is 29.3 Å².